The van der Waals surface area contributed by atoms with Crippen LogP contribution in [0.3, 0.4) is 0 Å². The van der Waals surface area contributed by atoms with E-state index in [2.05, 4.69) is 10.4 Å². The molecule has 0 unspecified atom stereocenters. The minimum atomic E-state index is -0.249. The molecule has 5 nitrogen and oxygen atoms in total. The lowest BCUT2D eigenvalue weighted by atomic mass is 10.1. The second-order valence-electron chi connectivity index (χ2n) is 6.35. The van der Waals surface area contributed by atoms with E-state index < -0.39 is 0 Å². The van der Waals surface area contributed by atoms with Crippen LogP contribution in [0.25, 0.3) is 10.8 Å². The first kappa shape index (κ1) is 18.1. The van der Waals surface area contributed by atoms with E-state index in [1.54, 1.807) is 16.9 Å². The van der Waals surface area contributed by atoms with E-state index in [1.165, 1.54) is 0 Å². The monoisotopic (exact) mass is 391 g/mol. The van der Waals surface area contributed by atoms with Crippen LogP contribution in [-0.4, -0.2) is 22.3 Å². The molecule has 0 radical (unpaired) electrons. The molecule has 0 bridgehead atoms. The quantitative estimate of drug-likeness (QED) is 0.515. The summed E-state index contributed by atoms with van der Waals surface area (Å²) in [5.74, 6) is 1.01. The summed E-state index contributed by atoms with van der Waals surface area (Å²) in [5.41, 5.74) is 0.999. The lowest BCUT2D eigenvalue weighted by Gasteiger charge is -2.10. The van der Waals surface area contributed by atoms with Gasteiger partial charge in [0.2, 0.25) is 0 Å². The fourth-order valence-electron chi connectivity index (χ4n) is 2.96. The zero-order chi connectivity index (χ0) is 19.3. The molecule has 1 amide bonds. The molecule has 0 spiro atoms. The topological polar surface area (TPSA) is 56.1 Å². The van der Waals surface area contributed by atoms with Crippen molar-refractivity contribution in [2.75, 3.05) is 11.9 Å². The van der Waals surface area contributed by atoms with Crippen LogP contribution in [0.5, 0.6) is 5.75 Å². The molecule has 0 fully saturated rings. The highest BCUT2D eigenvalue weighted by Gasteiger charge is 2.09. The van der Waals surface area contributed by atoms with Gasteiger partial charge in [-0.2, -0.15) is 5.10 Å². The average molecular weight is 392 g/mol. The smallest absolute Gasteiger partial charge is 0.263 e. The number of carbonyl (C=O) groups is 1. The Labute approximate surface area is 167 Å². The molecule has 0 aliphatic carbocycles. The van der Waals surface area contributed by atoms with Gasteiger partial charge in [-0.15, -0.1) is 0 Å². The number of hydrogen-bond donors (Lipinski definition) is 1. The van der Waals surface area contributed by atoms with Crippen LogP contribution >= 0.6 is 11.6 Å². The van der Waals surface area contributed by atoms with E-state index >= 15 is 0 Å². The molecule has 140 valence electrons. The summed E-state index contributed by atoms with van der Waals surface area (Å²) in [4.78, 5) is 12.3. The Balaban J connectivity index is 1.38. The van der Waals surface area contributed by atoms with Crippen molar-refractivity contribution >= 4 is 34.1 Å². The number of rotatable bonds is 6. The van der Waals surface area contributed by atoms with E-state index in [9.17, 15) is 4.79 Å². The highest BCUT2D eigenvalue weighted by Crippen LogP contribution is 2.20. The maximum Gasteiger partial charge on any atom is 0.263 e. The van der Waals surface area contributed by atoms with E-state index in [-0.39, 0.29) is 12.5 Å². The summed E-state index contributed by atoms with van der Waals surface area (Å²) in [6.45, 7) is 0.426. The van der Waals surface area contributed by atoms with Crippen molar-refractivity contribution < 1.29 is 9.53 Å². The number of aromatic nitrogens is 2. The maximum atomic E-state index is 12.3. The fraction of sp³-hybridized carbons (Fsp3) is 0.0909. The SMILES string of the molecule is O=C(COc1ccc2ccccc2c1)Nc1ccnn1Cc1cccc(Cl)c1. The number of fused-ring (bicyclic) bond motifs is 1. The third kappa shape index (κ3) is 4.32. The second-order valence-corrected chi connectivity index (χ2v) is 6.79. The average Bonchev–Trinajstić information content (AvgIpc) is 3.12. The van der Waals surface area contributed by atoms with Crippen molar-refractivity contribution in [3.63, 3.8) is 0 Å². The van der Waals surface area contributed by atoms with Gasteiger partial charge < -0.3 is 10.1 Å². The number of hydrogen-bond acceptors (Lipinski definition) is 3. The molecule has 6 heteroatoms. The van der Waals surface area contributed by atoms with Crippen molar-refractivity contribution in [3.05, 3.63) is 89.6 Å². The molecule has 0 aliphatic heterocycles. The van der Waals surface area contributed by atoms with Crippen molar-refractivity contribution in [1.82, 2.24) is 9.78 Å². The Bertz CT molecular complexity index is 1120. The summed E-state index contributed by atoms with van der Waals surface area (Å²) >= 11 is 6.03. The summed E-state index contributed by atoms with van der Waals surface area (Å²) in [7, 11) is 0. The maximum absolute atomic E-state index is 12.3. The van der Waals surface area contributed by atoms with Gasteiger partial charge in [0.25, 0.3) is 5.91 Å². The van der Waals surface area contributed by atoms with Gasteiger partial charge in [0.1, 0.15) is 11.6 Å². The Morgan fingerprint density at radius 3 is 2.71 bits per heavy atom. The highest BCUT2D eigenvalue weighted by molar-refractivity contribution is 6.30. The van der Waals surface area contributed by atoms with Gasteiger partial charge in [-0.25, -0.2) is 4.68 Å². The third-order valence-corrected chi connectivity index (χ3v) is 4.53. The zero-order valence-electron chi connectivity index (χ0n) is 15.0. The van der Waals surface area contributed by atoms with E-state index in [1.807, 2.05) is 66.7 Å². The van der Waals surface area contributed by atoms with Crippen molar-refractivity contribution in [1.29, 1.82) is 0 Å². The van der Waals surface area contributed by atoms with Gasteiger partial charge >= 0.3 is 0 Å². The summed E-state index contributed by atoms with van der Waals surface area (Å²) < 4.78 is 7.35. The minimum absolute atomic E-state index is 0.0827. The molecular weight excluding hydrogens is 374 g/mol. The predicted molar refractivity (Wildman–Crippen MR) is 111 cm³/mol. The Kier molecular flexibility index (Phi) is 5.26. The predicted octanol–water partition coefficient (Wildman–Crippen LogP) is 4.76. The van der Waals surface area contributed by atoms with Crippen LogP contribution in [0.4, 0.5) is 5.82 Å². The fourth-order valence-corrected chi connectivity index (χ4v) is 3.17. The van der Waals surface area contributed by atoms with Crippen LogP contribution in [0.2, 0.25) is 5.02 Å². The number of anilines is 1. The van der Waals surface area contributed by atoms with E-state index in [0.717, 1.165) is 16.3 Å². The summed E-state index contributed by atoms with van der Waals surface area (Å²) in [5, 5.41) is 9.97. The van der Waals surface area contributed by atoms with Gasteiger partial charge in [-0.05, 0) is 40.6 Å². The summed E-state index contributed by atoms with van der Waals surface area (Å²) in [6, 6.07) is 23.1. The number of halogens is 1. The first-order valence-electron chi connectivity index (χ1n) is 8.85. The van der Waals surface area contributed by atoms with Crippen molar-refractivity contribution in [2.45, 2.75) is 6.54 Å². The largest absolute Gasteiger partial charge is 0.484 e. The van der Waals surface area contributed by atoms with Crippen LogP contribution in [-0.2, 0) is 11.3 Å². The number of nitrogens with one attached hydrogen (secondary N) is 1. The van der Waals surface area contributed by atoms with Gasteiger partial charge in [0.05, 0.1) is 12.7 Å². The van der Waals surface area contributed by atoms with Gasteiger partial charge in [0.15, 0.2) is 6.61 Å². The number of ether oxygens (including phenoxy) is 1. The summed E-state index contributed by atoms with van der Waals surface area (Å²) in [6.07, 6.45) is 1.64. The van der Waals surface area contributed by atoms with Crippen LogP contribution in [0.15, 0.2) is 79.0 Å². The molecular formula is C22H18ClN3O2. The molecule has 4 rings (SSSR count). The minimum Gasteiger partial charge on any atom is -0.484 e. The number of benzene rings is 3. The highest BCUT2D eigenvalue weighted by atomic mass is 35.5. The molecule has 4 aromatic rings. The van der Waals surface area contributed by atoms with Gasteiger partial charge in [0, 0.05) is 11.1 Å². The Hall–Kier alpha value is -3.31. The third-order valence-electron chi connectivity index (χ3n) is 4.30. The molecule has 3 aromatic carbocycles. The first-order valence-corrected chi connectivity index (χ1v) is 9.23. The number of carbonyl (C=O) groups excluding carboxylic acids is 1. The van der Waals surface area contributed by atoms with Crippen LogP contribution in [0.1, 0.15) is 5.56 Å². The molecule has 1 aromatic heterocycles. The number of amides is 1. The van der Waals surface area contributed by atoms with Gasteiger partial charge in [-0.3, -0.25) is 4.79 Å². The molecule has 1 N–H and O–H groups in total. The molecule has 0 saturated carbocycles. The van der Waals surface area contributed by atoms with Crippen molar-refractivity contribution in [2.24, 2.45) is 0 Å². The normalized spacial score (nSPS) is 10.8. The Morgan fingerprint density at radius 2 is 1.86 bits per heavy atom. The zero-order valence-corrected chi connectivity index (χ0v) is 15.8. The standard InChI is InChI=1S/C22H18ClN3O2/c23-19-7-3-4-16(12-19)14-26-21(10-11-24-26)25-22(27)15-28-20-9-8-17-5-1-2-6-18(17)13-20/h1-13H,14-15H2,(H,25,27). The second kappa shape index (κ2) is 8.15. The molecule has 28 heavy (non-hydrogen) atoms. The molecule has 0 atom stereocenters. The van der Waals surface area contributed by atoms with E-state index in [4.69, 9.17) is 16.3 Å². The molecule has 0 aliphatic rings. The lowest BCUT2D eigenvalue weighted by molar-refractivity contribution is -0.118. The number of nitrogens with zero attached hydrogens (tertiary/aromatic N) is 2. The van der Waals surface area contributed by atoms with Crippen LogP contribution < -0.4 is 10.1 Å². The Morgan fingerprint density at radius 1 is 1.00 bits per heavy atom. The van der Waals surface area contributed by atoms with E-state index in [0.29, 0.717) is 23.1 Å². The van der Waals surface area contributed by atoms with Gasteiger partial charge in [-0.1, -0.05) is 54.1 Å². The first-order chi connectivity index (χ1) is 13.7. The van der Waals surface area contributed by atoms with Crippen LogP contribution in [0, 0.1) is 0 Å². The van der Waals surface area contributed by atoms with Crippen molar-refractivity contribution in [3.8, 4) is 5.75 Å². The lowest BCUT2D eigenvalue weighted by Crippen LogP contribution is -2.22. The molecule has 1 heterocycles. The molecule has 0 saturated heterocycles.